The van der Waals surface area contributed by atoms with Crippen molar-refractivity contribution in [1.82, 2.24) is 10.2 Å². The van der Waals surface area contributed by atoms with E-state index >= 15 is 0 Å². The van der Waals surface area contributed by atoms with Crippen LogP contribution in [0.2, 0.25) is 0 Å². The second-order valence-corrected chi connectivity index (χ2v) is 9.57. The highest BCUT2D eigenvalue weighted by molar-refractivity contribution is 7.92. The summed E-state index contributed by atoms with van der Waals surface area (Å²) in [4.78, 5) is 37.3. The minimum atomic E-state index is -4.09. The van der Waals surface area contributed by atoms with Crippen molar-refractivity contribution in [2.75, 3.05) is 30.3 Å². The van der Waals surface area contributed by atoms with Crippen molar-refractivity contribution >= 4 is 39.2 Å². The van der Waals surface area contributed by atoms with Crippen LogP contribution in [0.15, 0.2) is 47.4 Å². The van der Waals surface area contributed by atoms with Gasteiger partial charge in [-0.3, -0.25) is 19.2 Å². The number of carbonyl (C=O) groups is 3. The van der Waals surface area contributed by atoms with E-state index in [1.165, 1.54) is 39.2 Å². The van der Waals surface area contributed by atoms with Crippen molar-refractivity contribution in [3.8, 4) is 11.5 Å². The third-order valence-electron chi connectivity index (χ3n) is 4.90. The molecule has 0 aromatic heterocycles. The lowest BCUT2D eigenvalue weighted by atomic mass is 10.1. The Hall–Kier alpha value is -3.80. The number of ether oxygens (including phenoxy) is 2. The lowest BCUT2D eigenvalue weighted by molar-refractivity contribution is -0.132. The molecule has 3 N–H and O–H groups in total. The number of imide groups is 1. The molecule has 12 heteroatoms. The van der Waals surface area contributed by atoms with Gasteiger partial charge in [-0.15, -0.1) is 0 Å². The second-order valence-electron chi connectivity index (χ2n) is 7.92. The van der Waals surface area contributed by atoms with Crippen LogP contribution in [0.5, 0.6) is 11.5 Å². The standard InChI is InChI=1S/C22H26N4O7S/c1-5-33-16-9-6-14(7-10-16)25-34(30,31)18-12-15(8-11-17(18)32-4)23-19(27)13-26-20(28)22(2,3)24-21(26)29/h6-12,25H,5,13H2,1-4H3,(H,23,27)(H,24,29). The molecule has 0 spiro atoms. The summed E-state index contributed by atoms with van der Waals surface area (Å²) >= 11 is 0. The Bertz CT molecular complexity index is 1210. The lowest BCUT2D eigenvalue weighted by Gasteiger charge is -2.16. The van der Waals surface area contributed by atoms with E-state index in [0.29, 0.717) is 18.0 Å². The number of hydrogen-bond donors (Lipinski definition) is 3. The third-order valence-corrected chi connectivity index (χ3v) is 6.30. The van der Waals surface area contributed by atoms with Crippen LogP contribution in [0, 0.1) is 0 Å². The lowest BCUT2D eigenvalue weighted by Crippen LogP contribution is -2.41. The number of carbonyl (C=O) groups excluding carboxylic acids is 3. The molecule has 1 aliphatic heterocycles. The minimum Gasteiger partial charge on any atom is -0.495 e. The third kappa shape index (κ3) is 5.39. The molecular weight excluding hydrogens is 464 g/mol. The largest absolute Gasteiger partial charge is 0.495 e. The highest BCUT2D eigenvalue weighted by Crippen LogP contribution is 2.29. The quantitative estimate of drug-likeness (QED) is 0.457. The Balaban J connectivity index is 1.78. The molecule has 2 aromatic rings. The van der Waals surface area contributed by atoms with Gasteiger partial charge in [-0.1, -0.05) is 0 Å². The van der Waals surface area contributed by atoms with Crippen molar-refractivity contribution < 1.29 is 32.3 Å². The molecular formula is C22H26N4O7S. The zero-order valence-corrected chi connectivity index (χ0v) is 20.0. The van der Waals surface area contributed by atoms with Gasteiger partial charge in [0.25, 0.3) is 15.9 Å². The summed E-state index contributed by atoms with van der Waals surface area (Å²) in [5.41, 5.74) is -0.657. The summed E-state index contributed by atoms with van der Waals surface area (Å²) < 4.78 is 39.0. The normalized spacial score (nSPS) is 15.0. The van der Waals surface area contributed by atoms with Crippen LogP contribution in [-0.2, 0) is 19.6 Å². The van der Waals surface area contributed by atoms with Crippen LogP contribution < -0.4 is 24.8 Å². The van der Waals surface area contributed by atoms with E-state index < -0.39 is 40.0 Å². The second kappa shape index (κ2) is 9.59. The number of rotatable bonds is 9. The average Bonchev–Trinajstić information content (AvgIpc) is 2.96. The molecule has 0 saturated carbocycles. The Kier molecular flexibility index (Phi) is 7.01. The van der Waals surface area contributed by atoms with Gasteiger partial charge >= 0.3 is 6.03 Å². The number of benzene rings is 2. The van der Waals surface area contributed by atoms with Crippen LogP contribution in [0.1, 0.15) is 20.8 Å². The van der Waals surface area contributed by atoms with Crippen molar-refractivity contribution in [1.29, 1.82) is 0 Å². The number of urea groups is 1. The molecule has 2 aromatic carbocycles. The van der Waals surface area contributed by atoms with E-state index in [1.807, 2.05) is 6.92 Å². The molecule has 0 radical (unpaired) electrons. The summed E-state index contributed by atoms with van der Waals surface area (Å²) in [5, 5.41) is 4.99. The predicted octanol–water partition coefficient (Wildman–Crippen LogP) is 2.16. The van der Waals surface area contributed by atoms with Gasteiger partial charge in [0.15, 0.2) is 0 Å². The fourth-order valence-corrected chi connectivity index (χ4v) is 4.52. The van der Waals surface area contributed by atoms with Crippen LogP contribution in [0.3, 0.4) is 0 Å². The Labute approximate surface area is 197 Å². The summed E-state index contributed by atoms with van der Waals surface area (Å²) in [6, 6.07) is 9.76. The molecule has 1 heterocycles. The maximum atomic E-state index is 13.0. The molecule has 1 fully saturated rings. The number of hydrogen-bond acceptors (Lipinski definition) is 7. The molecule has 182 valence electrons. The molecule has 3 rings (SSSR count). The topological polar surface area (TPSA) is 143 Å². The van der Waals surface area contributed by atoms with Gasteiger partial charge in [0.05, 0.1) is 13.7 Å². The van der Waals surface area contributed by atoms with Crippen LogP contribution in [0.4, 0.5) is 16.2 Å². The Morgan fingerprint density at radius 1 is 1.09 bits per heavy atom. The molecule has 1 aliphatic rings. The molecule has 0 atom stereocenters. The zero-order valence-electron chi connectivity index (χ0n) is 19.2. The first-order valence-electron chi connectivity index (χ1n) is 10.3. The van der Waals surface area contributed by atoms with Crippen molar-refractivity contribution in [2.24, 2.45) is 0 Å². The summed E-state index contributed by atoms with van der Waals surface area (Å²) in [6.07, 6.45) is 0. The zero-order chi connectivity index (χ0) is 25.1. The van der Waals surface area contributed by atoms with Crippen LogP contribution in [-0.4, -0.2) is 57.0 Å². The van der Waals surface area contributed by atoms with Gasteiger partial charge in [-0.25, -0.2) is 13.2 Å². The van der Waals surface area contributed by atoms with Crippen molar-refractivity contribution in [2.45, 2.75) is 31.2 Å². The van der Waals surface area contributed by atoms with Gasteiger partial charge in [-0.2, -0.15) is 0 Å². The molecule has 4 amide bonds. The smallest absolute Gasteiger partial charge is 0.325 e. The van der Waals surface area contributed by atoms with Crippen molar-refractivity contribution in [3.05, 3.63) is 42.5 Å². The molecule has 0 aliphatic carbocycles. The van der Waals surface area contributed by atoms with Gasteiger partial charge in [0, 0.05) is 11.4 Å². The average molecular weight is 491 g/mol. The van der Waals surface area contributed by atoms with E-state index in [9.17, 15) is 22.8 Å². The maximum absolute atomic E-state index is 13.0. The summed E-state index contributed by atoms with van der Waals surface area (Å²) in [7, 11) is -2.77. The molecule has 11 nitrogen and oxygen atoms in total. The predicted molar refractivity (Wildman–Crippen MR) is 124 cm³/mol. The van der Waals surface area contributed by atoms with E-state index in [-0.39, 0.29) is 16.3 Å². The first-order chi connectivity index (χ1) is 16.0. The van der Waals surface area contributed by atoms with E-state index in [4.69, 9.17) is 9.47 Å². The number of nitrogens with one attached hydrogen (secondary N) is 3. The molecule has 0 unspecified atom stereocenters. The van der Waals surface area contributed by atoms with Gasteiger partial charge < -0.3 is 20.1 Å². The Morgan fingerprint density at radius 3 is 2.29 bits per heavy atom. The fraction of sp³-hybridized carbons (Fsp3) is 0.318. The van der Waals surface area contributed by atoms with Gasteiger partial charge in [0.2, 0.25) is 5.91 Å². The highest BCUT2D eigenvalue weighted by Gasteiger charge is 2.44. The number of sulfonamides is 1. The number of amides is 4. The Morgan fingerprint density at radius 2 is 1.74 bits per heavy atom. The number of anilines is 2. The van der Waals surface area contributed by atoms with E-state index in [1.54, 1.807) is 24.3 Å². The minimum absolute atomic E-state index is 0.0623. The molecule has 0 bridgehead atoms. The monoisotopic (exact) mass is 490 g/mol. The summed E-state index contributed by atoms with van der Waals surface area (Å²) in [6.45, 7) is 4.86. The SMILES string of the molecule is CCOc1ccc(NS(=O)(=O)c2cc(NC(=O)CN3C(=O)NC(C)(C)C3=O)ccc2OC)cc1. The van der Waals surface area contributed by atoms with Crippen LogP contribution in [0.25, 0.3) is 0 Å². The highest BCUT2D eigenvalue weighted by atomic mass is 32.2. The fourth-order valence-electron chi connectivity index (χ4n) is 3.27. The van der Waals surface area contributed by atoms with E-state index in [2.05, 4.69) is 15.4 Å². The number of methoxy groups -OCH3 is 1. The number of nitrogens with zero attached hydrogens (tertiary/aromatic N) is 1. The van der Waals surface area contributed by atoms with Crippen LogP contribution >= 0.6 is 0 Å². The molecule has 1 saturated heterocycles. The van der Waals surface area contributed by atoms with Gasteiger partial charge in [-0.05, 0) is 63.2 Å². The van der Waals surface area contributed by atoms with E-state index in [0.717, 1.165) is 4.90 Å². The van der Waals surface area contributed by atoms with Crippen molar-refractivity contribution in [3.63, 3.8) is 0 Å². The maximum Gasteiger partial charge on any atom is 0.325 e. The summed E-state index contributed by atoms with van der Waals surface area (Å²) in [5.74, 6) is -0.548. The van der Waals surface area contributed by atoms with Gasteiger partial charge in [0.1, 0.15) is 28.5 Å². The first-order valence-corrected chi connectivity index (χ1v) is 11.8. The first kappa shape index (κ1) is 24.8. The molecule has 34 heavy (non-hydrogen) atoms.